The van der Waals surface area contributed by atoms with Gasteiger partial charge in [0.1, 0.15) is 16.2 Å². The van der Waals surface area contributed by atoms with Crippen molar-refractivity contribution < 1.29 is 23.1 Å². The summed E-state index contributed by atoms with van der Waals surface area (Å²) in [5.41, 5.74) is -0.456. The van der Waals surface area contributed by atoms with Crippen LogP contribution in [0.2, 0.25) is 0 Å². The summed E-state index contributed by atoms with van der Waals surface area (Å²) in [7, 11) is -2.83. The summed E-state index contributed by atoms with van der Waals surface area (Å²) in [6, 6.07) is 3.81. The molecule has 0 heterocycles. The first-order valence-corrected chi connectivity index (χ1v) is 5.35. The molecule has 0 aliphatic carbocycles. The topological polar surface area (TPSA) is 107 Å². The Labute approximate surface area is 86.3 Å². The van der Waals surface area contributed by atoms with Gasteiger partial charge >= 0.3 is 5.97 Å². The molecule has 0 saturated carbocycles. The molecule has 7 heteroatoms. The van der Waals surface area contributed by atoms with E-state index < -0.39 is 26.5 Å². The number of hydrogen-bond acceptors (Lipinski definition) is 4. The lowest BCUT2D eigenvalue weighted by molar-refractivity contribution is 0.0689. The predicted molar refractivity (Wildman–Crippen MR) is 51.3 cm³/mol. The fraction of sp³-hybridized carbons (Fsp3) is 0.125. The quantitative estimate of drug-likeness (QED) is 0.763. The molecule has 1 aromatic carbocycles. The number of benzene rings is 1. The molecule has 0 saturated heterocycles. The number of sulfonamides is 1. The maximum absolute atomic E-state index is 11.1. The standard InChI is InChI=1S/C8H9NO5S/c1-14-5-3-2-4-6(15(9,12)13)7(5)8(10)11/h2-4H,1H3,(H,10,11)(H2,9,12,13). The Kier molecular flexibility index (Phi) is 2.96. The van der Waals surface area contributed by atoms with Crippen molar-refractivity contribution in [3.63, 3.8) is 0 Å². The van der Waals surface area contributed by atoms with E-state index in [1.807, 2.05) is 0 Å². The van der Waals surface area contributed by atoms with Crippen molar-refractivity contribution in [1.29, 1.82) is 0 Å². The van der Waals surface area contributed by atoms with Crippen LogP contribution in [0.5, 0.6) is 5.75 Å². The molecule has 82 valence electrons. The van der Waals surface area contributed by atoms with Gasteiger partial charge in [0.05, 0.1) is 7.11 Å². The largest absolute Gasteiger partial charge is 0.496 e. The lowest BCUT2D eigenvalue weighted by atomic mass is 10.2. The molecular weight excluding hydrogens is 222 g/mol. The van der Waals surface area contributed by atoms with Crippen molar-refractivity contribution in [2.75, 3.05) is 7.11 Å². The van der Waals surface area contributed by atoms with Crippen LogP contribution in [0, 0.1) is 0 Å². The summed E-state index contributed by atoms with van der Waals surface area (Å²) in [4.78, 5) is 10.4. The summed E-state index contributed by atoms with van der Waals surface area (Å²) >= 11 is 0. The maximum atomic E-state index is 11.1. The number of carboxylic acids is 1. The Morgan fingerprint density at radius 3 is 2.47 bits per heavy atom. The minimum atomic E-state index is -4.07. The lowest BCUT2D eigenvalue weighted by Gasteiger charge is -2.08. The van der Waals surface area contributed by atoms with Gasteiger partial charge in [-0.1, -0.05) is 6.07 Å². The smallest absolute Gasteiger partial charge is 0.340 e. The highest BCUT2D eigenvalue weighted by atomic mass is 32.2. The monoisotopic (exact) mass is 231 g/mol. The highest BCUT2D eigenvalue weighted by Gasteiger charge is 2.22. The first-order chi connectivity index (χ1) is 6.88. The van der Waals surface area contributed by atoms with E-state index in [0.29, 0.717) is 0 Å². The van der Waals surface area contributed by atoms with Gasteiger partial charge in [0.25, 0.3) is 0 Å². The third-order valence-corrected chi connectivity index (χ3v) is 2.68. The number of nitrogens with two attached hydrogens (primary N) is 1. The fourth-order valence-corrected chi connectivity index (χ4v) is 1.87. The van der Waals surface area contributed by atoms with Crippen LogP contribution in [-0.2, 0) is 10.0 Å². The van der Waals surface area contributed by atoms with E-state index in [1.54, 1.807) is 0 Å². The van der Waals surface area contributed by atoms with Crippen LogP contribution >= 0.6 is 0 Å². The fourth-order valence-electron chi connectivity index (χ4n) is 1.13. The molecule has 0 spiro atoms. The van der Waals surface area contributed by atoms with Crippen molar-refractivity contribution in [2.45, 2.75) is 4.90 Å². The molecule has 0 amide bonds. The maximum Gasteiger partial charge on any atom is 0.340 e. The third kappa shape index (κ3) is 2.25. The number of ether oxygens (including phenoxy) is 1. The van der Waals surface area contributed by atoms with Crippen molar-refractivity contribution in [3.05, 3.63) is 23.8 Å². The molecule has 0 aliphatic rings. The van der Waals surface area contributed by atoms with E-state index in [0.717, 1.165) is 6.07 Å². The summed E-state index contributed by atoms with van der Waals surface area (Å²) in [5.74, 6) is -1.45. The van der Waals surface area contributed by atoms with Crippen molar-refractivity contribution in [3.8, 4) is 5.75 Å². The Balaban J connectivity index is 3.60. The molecule has 0 radical (unpaired) electrons. The van der Waals surface area contributed by atoms with Crippen molar-refractivity contribution in [2.24, 2.45) is 5.14 Å². The number of rotatable bonds is 3. The van der Waals surface area contributed by atoms with Crippen molar-refractivity contribution in [1.82, 2.24) is 0 Å². The molecule has 1 rings (SSSR count). The van der Waals surface area contributed by atoms with Gasteiger partial charge in [0.15, 0.2) is 0 Å². The first-order valence-electron chi connectivity index (χ1n) is 3.81. The van der Waals surface area contributed by atoms with Gasteiger partial charge in [-0.3, -0.25) is 0 Å². The van der Waals surface area contributed by atoms with Crippen LogP contribution in [0.25, 0.3) is 0 Å². The van der Waals surface area contributed by atoms with E-state index in [4.69, 9.17) is 15.0 Å². The minimum Gasteiger partial charge on any atom is -0.496 e. The highest BCUT2D eigenvalue weighted by molar-refractivity contribution is 7.89. The summed E-state index contributed by atoms with van der Waals surface area (Å²) in [5, 5.41) is 13.7. The molecule has 0 bridgehead atoms. The Morgan fingerprint density at radius 1 is 1.47 bits per heavy atom. The van der Waals surface area contributed by atoms with Gasteiger partial charge in [0.2, 0.25) is 10.0 Å². The molecule has 0 unspecified atom stereocenters. The number of hydrogen-bond donors (Lipinski definition) is 2. The van der Waals surface area contributed by atoms with Gasteiger partial charge in [0, 0.05) is 0 Å². The Bertz CT molecular complexity index is 494. The summed E-state index contributed by atoms with van der Waals surface area (Å²) in [6.07, 6.45) is 0. The highest BCUT2D eigenvalue weighted by Crippen LogP contribution is 2.24. The first kappa shape index (κ1) is 11.5. The SMILES string of the molecule is COc1cccc(S(N)(=O)=O)c1C(=O)O. The average molecular weight is 231 g/mol. The number of methoxy groups -OCH3 is 1. The van der Waals surface area contributed by atoms with E-state index in [1.165, 1.54) is 19.2 Å². The number of aromatic carboxylic acids is 1. The third-order valence-electron chi connectivity index (χ3n) is 1.73. The Morgan fingerprint density at radius 2 is 2.07 bits per heavy atom. The number of carbonyl (C=O) groups is 1. The molecule has 0 aromatic heterocycles. The van der Waals surface area contributed by atoms with E-state index in [2.05, 4.69) is 0 Å². The molecule has 0 fully saturated rings. The van der Waals surface area contributed by atoms with Crippen LogP contribution in [0.1, 0.15) is 10.4 Å². The van der Waals surface area contributed by atoms with Gasteiger partial charge in [-0.25, -0.2) is 18.4 Å². The zero-order chi connectivity index (χ0) is 11.6. The number of carboxylic acid groups (broad SMARTS) is 1. The van der Waals surface area contributed by atoms with Gasteiger partial charge in [-0.2, -0.15) is 0 Å². The minimum absolute atomic E-state index is 0.0472. The van der Waals surface area contributed by atoms with E-state index in [-0.39, 0.29) is 5.75 Å². The summed E-state index contributed by atoms with van der Waals surface area (Å²) in [6.45, 7) is 0. The van der Waals surface area contributed by atoms with E-state index in [9.17, 15) is 13.2 Å². The molecule has 3 N–H and O–H groups in total. The van der Waals surface area contributed by atoms with Crippen LogP contribution in [0.15, 0.2) is 23.1 Å². The van der Waals surface area contributed by atoms with Gasteiger partial charge < -0.3 is 9.84 Å². The molecule has 0 aliphatic heterocycles. The second kappa shape index (κ2) is 3.87. The molecule has 15 heavy (non-hydrogen) atoms. The molecular formula is C8H9NO5S. The molecule has 0 atom stereocenters. The van der Waals surface area contributed by atoms with Gasteiger partial charge in [-0.05, 0) is 12.1 Å². The van der Waals surface area contributed by atoms with Crippen LogP contribution in [-0.4, -0.2) is 26.6 Å². The zero-order valence-corrected chi connectivity index (χ0v) is 8.61. The Hall–Kier alpha value is -1.60. The molecule has 6 nitrogen and oxygen atoms in total. The van der Waals surface area contributed by atoms with Crippen LogP contribution < -0.4 is 9.88 Å². The van der Waals surface area contributed by atoms with E-state index >= 15 is 0 Å². The lowest BCUT2D eigenvalue weighted by Crippen LogP contribution is -2.17. The average Bonchev–Trinajstić information content (AvgIpc) is 2.15. The van der Waals surface area contributed by atoms with Crippen LogP contribution in [0.4, 0.5) is 0 Å². The molecule has 1 aromatic rings. The number of primary sulfonamides is 1. The predicted octanol–water partition coefficient (Wildman–Crippen LogP) is 0.0408. The second-order valence-electron chi connectivity index (χ2n) is 2.68. The summed E-state index contributed by atoms with van der Waals surface area (Å²) < 4.78 is 26.9. The second-order valence-corrected chi connectivity index (χ2v) is 4.21. The van der Waals surface area contributed by atoms with Crippen molar-refractivity contribution >= 4 is 16.0 Å². The van der Waals surface area contributed by atoms with Gasteiger partial charge in [-0.15, -0.1) is 0 Å². The van der Waals surface area contributed by atoms with Crippen LogP contribution in [0.3, 0.4) is 0 Å². The normalized spacial score (nSPS) is 11.1. The zero-order valence-electron chi connectivity index (χ0n) is 7.80.